The molecule has 10 heteroatoms. The van der Waals surface area contributed by atoms with Crippen molar-refractivity contribution in [2.24, 2.45) is 5.92 Å². The van der Waals surface area contributed by atoms with Gasteiger partial charge in [0, 0.05) is 56.2 Å². The van der Waals surface area contributed by atoms with Gasteiger partial charge in [0.15, 0.2) is 0 Å². The summed E-state index contributed by atoms with van der Waals surface area (Å²) in [5.41, 5.74) is 7.34. The predicted octanol–water partition coefficient (Wildman–Crippen LogP) is 1.51. The molecule has 0 bridgehead atoms. The molecule has 196 valence electrons. The highest BCUT2D eigenvalue weighted by atomic mass is 19.1. The Kier molecular flexibility index (Phi) is 7.48. The van der Waals surface area contributed by atoms with Crippen LogP contribution in [0.15, 0.2) is 42.7 Å². The Labute approximate surface area is 215 Å². The number of nitrogens with one attached hydrogen (secondary N) is 3. The van der Waals surface area contributed by atoms with Crippen LogP contribution in [0.5, 0.6) is 0 Å². The minimum Gasteiger partial charge on any atom is -0.338 e. The molecule has 0 radical (unpaired) electrons. The molecule has 2 aromatic rings. The fourth-order valence-electron chi connectivity index (χ4n) is 5.76. The van der Waals surface area contributed by atoms with E-state index in [1.165, 1.54) is 6.07 Å². The third-order valence-corrected chi connectivity index (χ3v) is 7.92. The molecule has 1 aromatic carbocycles. The zero-order valence-corrected chi connectivity index (χ0v) is 21.0. The molecule has 3 fully saturated rings. The Morgan fingerprint density at radius 1 is 1.14 bits per heavy atom. The van der Waals surface area contributed by atoms with Gasteiger partial charge in [-0.1, -0.05) is 6.07 Å². The lowest BCUT2D eigenvalue weighted by atomic mass is 9.82. The highest BCUT2D eigenvalue weighted by Gasteiger charge is 2.40. The second-order valence-electron chi connectivity index (χ2n) is 10.2. The lowest BCUT2D eigenvalue weighted by Gasteiger charge is -2.41. The smallest absolute Gasteiger partial charge is 0.256 e. The number of benzene rings is 1. The lowest BCUT2D eigenvalue weighted by Crippen LogP contribution is -2.67. The number of rotatable bonds is 5. The van der Waals surface area contributed by atoms with Crippen LogP contribution >= 0.6 is 0 Å². The SMILES string of the molecule is CN(C(=O)c1cc(CC2NNC(=O)C3CCCNC23)ccc1F)C1CCN(C(=O)c2ccncc2)CC1. The standard InChI is InChI=1S/C27H33FN6O3/c1-33(19-8-13-34(14-9-19)26(36)18-6-11-29-12-7-18)27(37)21-15-17(4-5-22(21)28)16-23-24-20(3-2-10-30-24)25(35)32-31-23/h4-7,11-12,15,19-20,23-24,30-31H,2-3,8-10,13-14,16H2,1H3,(H,32,35). The first-order chi connectivity index (χ1) is 17.9. The first kappa shape index (κ1) is 25.3. The van der Waals surface area contributed by atoms with Crippen molar-refractivity contribution in [2.45, 2.75) is 50.2 Å². The van der Waals surface area contributed by atoms with Crippen LogP contribution in [0.4, 0.5) is 4.39 Å². The quantitative estimate of drug-likeness (QED) is 0.566. The molecular weight excluding hydrogens is 475 g/mol. The van der Waals surface area contributed by atoms with Gasteiger partial charge < -0.3 is 15.1 Å². The van der Waals surface area contributed by atoms with E-state index in [-0.39, 0.29) is 47.3 Å². The minimum absolute atomic E-state index is 0.00132. The van der Waals surface area contributed by atoms with Crippen LogP contribution in [0, 0.1) is 11.7 Å². The number of fused-ring (bicyclic) bond motifs is 1. The number of piperidine rings is 2. The van der Waals surface area contributed by atoms with E-state index in [9.17, 15) is 18.8 Å². The Hall–Kier alpha value is -3.37. The van der Waals surface area contributed by atoms with E-state index >= 15 is 0 Å². The summed E-state index contributed by atoms with van der Waals surface area (Å²) in [5.74, 6) is -1.06. The number of hydrazine groups is 1. The molecule has 3 aliphatic heterocycles. The van der Waals surface area contributed by atoms with Gasteiger partial charge in [0.05, 0.1) is 11.5 Å². The molecule has 3 saturated heterocycles. The van der Waals surface area contributed by atoms with Gasteiger partial charge in [0.25, 0.3) is 11.8 Å². The minimum atomic E-state index is -0.551. The van der Waals surface area contributed by atoms with Crippen molar-refractivity contribution in [1.29, 1.82) is 0 Å². The number of amides is 3. The molecule has 3 unspecified atom stereocenters. The predicted molar refractivity (Wildman–Crippen MR) is 135 cm³/mol. The van der Waals surface area contributed by atoms with E-state index in [0.717, 1.165) is 24.9 Å². The third kappa shape index (κ3) is 5.35. The molecule has 0 aliphatic carbocycles. The topological polar surface area (TPSA) is 107 Å². The molecule has 3 N–H and O–H groups in total. The van der Waals surface area contributed by atoms with Gasteiger partial charge in [-0.15, -0.1) is 0 Å². The maximum Gasteiger partial charge on any atom is 0.256 e. The zero-order valence-electron chi connectivity index (χ0n) is 21.0. The maximum atomic E-state index is 14.8. The van der Waals surface area contributed by atoms with E-state index < -0.39 is 5.82 Å². The van der Waals surface area contributed by atoms with Crippen LogP contribution in [0.2, 0.25) is 0 Å². The van der Waals surface area contributed by atoms with Gasteiger partial charge in [-0.25, -0.2) is 9.82 Å². The Morgan fingerprint density at radius 2 is 1.89 bits per heavy atom. The van der Waals surface area contributed by atoms with Gasteiger partial charge in [0.1, 0.15) is 5.82 Å². The normalized spacial score (nSPS) is 24.2. The Balaban J connectivity index is 1.22. The summed E-state index contributed by atoms with van der Waals surface area (Å²) in [5, 5.41) is 3.45. The van der Waals surface area contributed by atoms with Gasteiger partial charge in [-0.3, -0.25) is 24.8 Å². The van der Waals surface area contributed by atoms with Crippen LogP contribution in [0.3, 0.4) is 0 Å². The average Bonchev–Trinajstić information content (AvgIpc) is 2.95. The number of carbonyl (C=O) groups excluding carboxylic acids is 3. The van der Waals surface area contributed by atoms with Crippen molar-refractivity contribution in [1.82, 2.24) is 31.0 Å². The molecule has 9 nitrogen and oxygen atoms in total. The zero-order chi connectivity index (χ0) is 25.9. The van der Waals surface area contributed by atoms with Crippen LogP contribution in [-0.4, -0.2) is 77.3 Å². The summed E-state index contributed by atoms with van der Waals surface area (Å²) >= 11 is 0. The fourth-order valence-corrected chi connectivity index (χ4v) is 5.76. The summed E-state index contributed by atoms with van der Waals surface area (Å²) < 4.78 is 14.8. The Morgan fingerprint density at radius 3 is 2.65 bits per heavy atom. The molecule has 3 amide bonds. The lowest BCUT2D eigenvalue weighted by molar-refractivity contribution is -0.131. The van der Waals surface area contributed by atoms with Crippen LogP contribution < -0.4 is 16.2 Å². The highest BCUT2D eigenvalue weighted by molar-refractivity contribution is 5.95. The largest absolute Gasteiger partial charge is 0.338 e. The van der Waals surface area contributed by atoms with Crippen molar-refractivity contribution in [3.8, 4) is 0 Å². The van der Waals surface area contributed by atoms with Gasteiger partial charge >= 0.3 is 0 Å². The number of hydrogen-bond acceptors (Lipinski definition) is 6. The van der Waals surface area contributed by atoms with Gasteiger partial charge in [-0.05, 0) is 68.5 Å². The molecular formula is C27H33FN6O3. The summed E-state index contributed by atoms with van der Waals surface area (Å²) in [6.07, 6.45) is 6.79. The first-order valence-corrected chi connectivity index (χ1v) is 13.0. The molecule has 0 saturated carbocycles. The molecule has 4 heterocycles. The first-order valence-electron chi connectivity index (χ1n) is 13.0. The number of likely N-dealkylation sites (tertiary alicyclic amines) is 1. The molecule has 3 atom stereocenters. The number of hydrogen-bond donors (Lipinski definition) is 3. The summed E-state index contributed by atoms with van der Waals surface area (Å²) in [4.78, 5) is 45.6. The van der Waals surface area contributed by atoms with E-state index in [1.807, 2.05) is 0 Å². The second kappa shape index (κ2) is 10.9. The maximum absolute atomic E-state index is 14.8. The molecule has 5 rings (SSSR count). The Bertz CT molecular complexity index is 1150. The molecule has 37 heavy (non-hydrogen) atoms. The van der Waals surface area contributed by atoms with Gasteiger partial charge in [-0.2, -0.15) is 0 Å². The van der Waals surface area contributed by atoms with Crippen molar-refractivity contribution in [2.75, 3.05) is 26.7 Å². The van der Waals surface area contributed by atoms with Crippen molar-refractivity contribution in [3.63, 3.8) is 0 Å². The second-order valence-corrected chi connectivity index (χ2v) is 10.2. The monoisotopic (exact) mass is 508 g/mol. The van der Waals surface area contributed by atoms with Crippen LogP contribution in [0.1, 0.15) is 52.0 Å². The van der Waals surface area contributed by atoms with E-state index in [2.05, 4.69) is 21.2 Å². The van der Waals surface area contributed by atoms with Crippen LogP contribution in [0.25, 0.3) is 0 Å². The summed E-state index contributed by atoms with van der Waals surface area (Å²) in [6.45, 7) is 1.92. The van der Waals surface area contributed by atoms with Crippen molar-refractivity contribution in [3.05, 3.63) is 65.2 Å². The van der Waals surface area contributed by atoms with Gasteiger partial charge in [0.2, 0.25) is 5.91 Å². The number of aromatic nitrogens is 1. The molecule has 1 aromatic heterocycles. The number of pyridine rings is 1. The van der Waals surface area contributed by atoms with Crippen LogP contribution in [-0.2, 0) is 11.2 Å². The summed E-state index contributed by atoms with van der Waals surface area (Å²) in [7, 11) is 1.70. The molecule has 3 aliphatic rings. The van der Waals surface area contributed by atoms with Crippen molar-refractivity contribution < 1.29 is 18.8 Å². The number of carbonyl (C=O) groups is 3. The average molecular weight is 509 g/mol. The summed E-state index contributed by atoms with van der Waals surface area (Å²) in [6, 6.07) is 7.92. The van der Waals surface area contributed by atoms with E-state index in [4.69, 9.17) is 0 Å². The van der Waals surface area contributed by atoms with E-state index in [1.54, 1.807) is 53.5 Å². The molecule has 0 spiro atoms. The highest BCUT2D eigenvalue weighted by Crippen LogP contribution is 2.25. The number of nitrogens with zero attached hydrogens (tertiary/aromatic N) is 3. The van der Waals surface area contributed by atoms with E-state index in [0.29, 0.717) is 37.9 Å². The third-order valence-electron chi connectivity index (χ3n) is 7.92. The fraction of sp³-hybridized carbons (Fsp3) is 0.481. The van der Waals surface area contributed by atoms with Crippen molar-refractivity contribution >= 4 is 17.7 Å². The number of halogens is 1.